The number of nitrogens with zero attached hydrogens (tertiary/aromatic N) is 3. The molecular formula is C14H13N3OS. The van der Waals surface area contributed by atoms with Crippen molar-refractivity contribution in [1.29, 1.82) is 0 Å². The number of thioether (sulfide) groups is 1. The van der Waals surface area contributed by atoms with E-state index in [-0.39, 0.29) is 12.1 Å². The molecule has 2 aliphatic rings. The smallest absolute Gasteiger partial charge is 0.160 e. The second-order valence-electron chi connectivity index (χ2n) is 4.61. The topological polar surface area (TPSA) is 41.6 Å². The third-order valence-electron chi connectivity index (χ3n) is 3.52. The van der Waals surface area contributed by atoms with Crippen LogP contribution in [0.25, 0.3) is 0 Å². The molecule has 2 atom stereocenters. The van der Waals surface area contributed by atoms with Gasteiger partial charge >= 0.3 is 0 Å². The highest BCUT2D eigenvalue weighted by Crippen LogP contribution is 2.45. The van der Waals surface area contributed by atoms with Gasteiger partial charge < -0.3 is 9.32 Å². The molecule has 19 heavy (non-hydrogen) atoms. The lowest BCUT2D eigenvalue weighted by Crippen LogP contribution is -2.27. The zero-order valence-electron chi connectivity index (χ0n) is 10.3. The van der Waals surface area contributed by atoms with Crippen molar-refractivity contribution in [2.24, 2.45) is 4.99 Å². The molecular weight excluding hydrogens is 258 g/mol. The Kier molecular flexibility index (Phi) is 2.58. The summed E-state index contributed by atoms with van der Waals surface area (Å²) in [6, 6.07) is 10.1. The Balaban J connectivity index is 1.78. The highest BCUT2D eigenvalue weighted by molar-refractivity contribution is 8.14. The summed E-state index contributed by atoms with van der Waals surface area (Å²) in [7, 11) is 0. The number of aromatic nitrogens is 1. The summed E-state index contributed by atoms with van der Waals surface area (Å²) >= 11 is 1.82. The number of rotatable bonds is 2. The molecule has 0 amide bonds. The molecule has 0 saturated carbocycles. The van der Waals surface area contributed by atoms with E-state index in [1.807, 2.05) is 48.3 Å². The average Bonchev–Trinajstić information content (AvgIpc) is 3.15. The van der Waals surface area contributed by atoms with Gasteiger partial charge in [-0.05, 0) is 24.3 Å². The van der Waals surface area contributed by atoms with Gasteiger partial charge in [-0.15, -0.1) is 0 Å². The molecule has 5 heteroatoms. The molecule has 0 bridgehead atoms. The van der Waals surface area contributed by atoms with Crippen molar-refractivity contribution in [1.82, 2.24) is 9.88 Å². The van der Waals surface area contributed by atoms with Crippen molar-refractivity contribution in [2.45, 2.75) is 12.1 Å². The van der Waals surface area contributed by atoms with Crippen LogP contribution >= 0.6 is 11.8 Å². The van der Waals surface area contributed by atoms with E-state index in [1.165, 1.54) is 0 Å². The van der Waals surface area contributed by atoms with Gasteiger partial charge in [0.25, 0.3) is 0 Å². The van der Waals surface area contributed by atoms with Crippen LogP contribution in [0.3, 0.4) is 0 Å². The highest BCUT2D eigenvalue weighted by Gasteiger charge is 2.42. The van der Waals surface area contributed by atoms with Crippen LogP contribution < -0.4 is 0 Å². The van der Waals surface area contributed by atoms with E-state index < -0.39 is 0 Å². The van der Waals surface area contributed by atoms with Crippen LogP contribution in [0, 0.1) is 0 Å². The second kappa shape index (κ2) is 4.42. The SMILES string of the molecule is c1ccc([C@H]2N=C3SCCN3[C@@H]2c2ccco2)nc1. The van der Waals surface area contributed by atoms with Crippen LogP contribution in [-0.4, -0.2) is 27.3 Å². The first-order valence-electron chi connectivity index (χ1n) is 6.35. The molecule has 4 heterocycles. The fourth-order valence-corrected chi connectivity index (χ4v) is 3.72. The van der Waals surface area contributed by atoms with Gasteiger partial charge in [-0.2, -0.15) is 0 Å². The fourth-order valence-electron chi connectivity index (χ4n) is 2.69. The Morgan fingerprint density at radius 1 is 1.26 bits per heavy atom. The monoisotopic (exact) mass is 271 g/mol. The molecule has 0 aliphatic carbocycles. The van der Waals surface area contributed by atoms with E-state index >= 15 is 0 Å². The summed E-state index contributed by atoms with van der Waals surface area (Å²) < 4.78 is 5.63. The minimum atomic E-state index is 0.0372. The molecule has 1 fully saturated rings. The normalized spacial score (nSPS) is 25.5. The minimum Gasteiger partial charge on any atom is -0.467 e. The van der Waals surface area contributed by atoms with Gasteiger partial charge in [0.1, 0.15) is 17.8 Å². The predicted molar refractivity (Wildman–Crippen MR) is 75.0 cm³/mol. The number of fused-ring (bicyclic) bond motifs is 1. The molecule has 2 aliphatic heterocycles. The van der Waals surface area contributed by atoms with Gasteiger partial charge in [-0.1, -0.05) is 17.8 Å². The van der Waals surface area contributed by atoms with Gasteiger partial charge in [0.05, 0.1) is 12.0 Å². The van der Waals surface area contributed by atoms with E-state index in [2.05, 4.69) is 9.88 Å². The first-order valence-corrected chi connectivity index (χ1v) is 7.33. The summed E-state index contributed by atoms with van der Waals surface area (Å²) in [5, 5.41) is 1.12. The first kappa shape index (κ1) is 11.1. The fraction of sp³-hybridized carbons (Fsp3) is 0.286. The minimum absolute atomic E-state index is 0.0372. The molecule has 0 aromatic carbocycles. The molecule has 2 aromatic rings. The largest absolute Gasteiger partial charge is 0.467 e. The van der Waals surface area contributed by atoms with Crippen LogP contribution in [0.5, 0.6) is 0 Å². The third kappa shape index (κ3) is 1.76. The number of amidine groups is 1. The van der Waals surface area contributed by atoms with Gasteiger partial charge in [0.15, 0.2) is 5.17 Å². The van der Waals surface area contributed by atoms with Crippen LogP contribution in [0.15, 0.2) is 52.2 Å². The summed E-state index contributed by atoms with van der Waals surface area (Å²) in [5.74, 6) is 2.07. The summed E-state index contributed by atoms with van der Waals surface area (Å²) in [6.45, 7) is 1.03. The Morgan fingerprint density at radius 2 is 2.26 bits per heavy atom. The average molecular weight is 271 g/mol. The van der Waals surface area contributed by atoms with Crippen molar-refractivity contribution < 1.29 is 4.42 Å². The number of hydrogen-bond donors (Lipinski definition) is 0. The second-order valence-corrected chi connectivity index (χ2v) is 5.68. The van der Waals surface area contributed by atoms with E-state index in [0.29, 0.717) is 0 Å². The number of aliphatic imine (C=N–C) groups is 1. The van der Waals surface area contributed by atoms with E-state index in [1.54, 1.807) is 6.26 Å². The van der Waals surface area contributed by atoms with Crippen molar-refractivity contribution in [3.8, 4) is 0 Å². The van der Waals surface area contributed by atoms with Crippen LogP contribution in [0.4, 0.5) is 0 Å². The highest BCUT2D eigenvalue weighted by atomic mass is 32.2. The molecule has 0 radical (unpaired) electrons. The van der Waals surface area contributed by atoms with Gasteiger partial charge in [-0.3, -0.25) is 4.98 Å². The molecule has 96 valence electrons. The molecule has 4 rings (SSSR count). The van der Waals surface area contributed by atoms with Gasteiger partial charge in [0.2, 0.25) is 0 Å². The summed E-state index contributed by atoms with van der Waals surface area (Å²) in [6.07, 6.45) is 3.55. The number of pyridine rings is 1. The lowest BCUT2D eigenvalue weighted by atomic mass is 10.0. The molecule has 0 unspecified atom stereocenters. The van der Waals surface area contributed by atoms with Gasteiger partial charge in [-0.25, -0.2) is 4.99 Å². The van der Waals surface area contributed by atoms with E-state index in [0.717, 1.165) is 28.9 Å². The van der Waals surface area contributed by atoms with Crippen LogP contribution in [0.1, 0.15) is 23.5 Å². The maximum Gasteiger partial charge on any atom is 0.160 e. The van der Waals surface area contributed by atoms with E-state index in [9.17, 15) is 0 Å². The van der Waals surface area contributed by atoms with Gasteiger partial charge in [0, 0.05) is 18.5 Å². The van der Waals surface area contributed by atoms with Crippen LogP contribution in [0.2, 0.25) is 0 Å². The van der Waals surface area contributed by atoms with Crippen molar-refractivity contribution in [3.05, 3.63) is 54.2 Å². The lowest BCUT2D eigenvalue weighted by Gasteiger charge is -2.24. The van der Waals surface area contributed by atoms with Crippen molar-refractivity contribution >= 4 is 16.9 Å². The summed E-state index contributed by atoms with van der Waals surface area (Å²) in [4.78, 5) is 11.6. The summed E-state index contributed by atoms with van der Waals surface area (Å²) in [5.41, 5.74) is 1.01. The number of hydrogen-bond acceptors (Lipinski definition) is 5. The quantitative estimate of drug-likeness (QED) is 0.842. The Hall–Kier alpha value is -1.75. The molecule has 0 N–H and O–H groups in total. The third-order valence-corrected chi connectivity index (χ3v) is 4.50. The maximum atomic E-state index is 5.63. The standard InChI is InChI=1S/C14H13N3OS/c1-2-6-15-10(4-1)12-13(11-5-3-8-18-11)17-7-9-19-14(17)16-12/h1-6,8,12-13H,7,9H2/t12-,13-/m1/s1. The van der Waals surface area contributed by atoms with Crippen LogP contribution in [-0.2, 0) is 0 Å². The van der Waals surface area contributed by atoms with E-state index in [4.69, 9.17) is 9.41 Å². The van der Waals surface area contributed by atoms with Crippen molar-refractivity contribution in [2.75, 3.05) is 12.3 Å². The predicted octanol–water partition coefficient (Wildman–Crippen LogP) is 2.88. The molecule has 4 nitrogen and oxygen atoms in total. The number of furan rings is 1. The zero-order chi connectivity index (χ0) is 12.7. The Morgan fingerprint density at radius 3 is 3.05 bits per heavy atom. The first-order chi connectivity index (χ1) is 9.43. The molecule has 1 saturated heterocycles. The van der Waals surface area contributed by atoms with Crippen molar-refractivity contribution in [3.63, 3.8) is 0 Å². The Bertz CT molecular complexity index is 596. The maximum absolute atomic E-state index is 5.63. The zero-order valence-corrected chi connectivity index (χ0v) is 11.1. The molecule has 2 aromatic heterocycles. The molecule has 0 spiro atoms. The Labute approximate surface area is 115 Å². The lowest BCUT2D eigenvalue weighted by molar-refractivity contribution is 0.282.